The predicted octanol–water partition coefficient (Wildman–Crippen LogP) is 2.84. The molecule has 6 nitrogen and oxygen atoms in total. The van der Waals surface area contributed by atoms with E-state index in [2.05, 4.69) is 15.5 Å². The Bertz CT molecular complexity index is 919. The molecule has 1 aromatic heterocycles. The maximum atomic E-state index is 11.5. The lowest BCUT2D eigenvalue weighted by Gasteiger charge is -2.16. The maximum Gasteiger partial charge on any atom is 0.175 e. The molecule has 0 fully saturated rings. The zero-order valence-electron chi connectivity index (χ0n) is 13.4. The van der Waals surface area contributed by atoms with Crippen LogP contribution >= 0.6 is 0 Å². The highest BCUT2D eigenvalue weighted by Crippen LogP contribution is 2.22. The van der Waals surface area contributed by atoms with E-state index >= 15 is 0 Å². The first-order chi connectivity index (χ1) is 11.4. The Morgan fingerprint density at radius 2 is 1.71 bits per heavy atom. The molecule has 0 aliphatic carbocycles. The first-order valence-electron chi connectivity index (χ1n) is 7.47. The third-order valence-corrected chi connectivity index (χ3v) is 4.82. The Labute approximate surface area is 141 Å². The minimum Gasteiger partial charge on any atom is -0.378 e. The van der Waals surface area contributed by atoms with E-state index < -0.39 is 9.84 Å². The molecular weight excluding hydrogens is 324 g/mol. The molecule has 124 valence electrons. The van der Waals surface area contributed by atoms with Gasteiger partial charge >= 0.3 is 0 Å². The highest BCUT2D eigenvalue weighted by atomic mass is 32.2. The molecule has 1 heterocycles. The lowest BCUT2D eigenvalue weighted by atomic mass is 10.1. The van der Waals surface area contributed by atoms with E-state index in [1.165, 1.54) is 6.26 Å². The van der Waals surface area contributed by atoms with E-state index in [1.807, 2.05) is 43.3 Å². The van der Waals surface area contributed by atoms with Gasteiger partial charge in [0, 0.05) is 18.0 Å². The molecule has 0 aliphatic rings. The van der Waals surface area contributed by atoms with Crippen LogP contribution in [-0.4, -0.2) is 29.7 Å². The zero-order chi connectivity index (χ0) is 17.2. The summed E-state index contributed by atoms with van der Waals surface area (Å²) in [6, 6.07) is 14.7. The predicted molar refractivity (Wildman–Crippen MR) is 92.9 cm³/mol. The molecule has 0 bridgehead atoms. The summed E-state index contributed by atoms with van der Waals surface area (Å²) < 4.78 is 23.1. The van der Waals surface area contributed by atoms with Gasteiger partial charge in [-0.05, 0) is 42.8 Å². The minimum atomic E-state index is -3.17. The second kappa shape index (κ2) is 6.45. The summed E-state index contributed by atoms with van der Waals surface area (Å²) in [5.41, 5.74) is 2.80. The van der Waals surface area contributed by atoms with Crippen molar-refractivity contribution in [3.8, 4) is 5.69 Å². The lowest BCUT2D eigenvalue weighted by Crippen LogP contribution is -2.08. The summed E-state index contributed by atoms with van der Waals surface area (Å²) in [5, 5.41) is 11.6. The Morgan fingerprint density at radius 3 is 2.33 bits per heavy atom. The maximum absolute atomic E-state index is 11.5. The summed E-state index contributed by atoms with van der Waals surface area (Å²) in [4.78, 5) is 1.88. The average Bonchev–Trinajstić information content (AvgIpc) is 3.09. The van der Waals surface area contributed by atoms with Crippen LogP contribution in [0.4, 0.5) is 5.69 Å². The molecule has 0 amide bonds. The number of hydrogen-bond acceptors (Lipinski definition) is 5. The Kier molecular flexibility index (Phi) is 4.35. The Balaban J connectivity index is 1.77. The largest absolute Gasteiger partial charge is 0.378 e. The Hall–Kier alpha value is -2.67. The van der Waals surface area contributed by atoms with Gasteiger partial charge in [0.05, 0.1) is 23.0 Å². The molecule has 1 atom stereocenters. The van der Waals surface area contributed by atoms with Gasteiger partial charge in [0.1, 0.15) is 0 Å². The van der Waals surface area contributed by atoms with E-state index in [4.69, 9.17) is 0 Å². The molecule has 3 aromatic rings. The van der Waals surface area contributed by atoms with Crippen molar-refractivity contribution < 1.29 is 8.42 Å². The summed E-state index contributed by atoms with van der Waals surface area (Å²) in [6.07, 6.45) is 4.47. The van der Waals surface area contributed by atoms with E-state index in [0.29, 0.717) is 4.90 Å². The molecule has 24 heavy (non-hydrogen) atoms. The minimum absolute atomic E-state index is 0.0273. The van der Waals surface area contributed by atoms with E-state index in [9.17, 15) is 8.42 Å². The first-order valence-corrected chi connectivity index (χ1v) is 9.36. The van der Waals surface area contributed by atoms with Crippen LogP contribution in [0.2, 0.25) is 0 Å². The average molecular weight is 342 g/mol. The monoisotopic (exact) mass is 342 g/mol. The molecule has 7 heteroatoms. The SMILES string of the molecule is CC(Nc1cccc(-n2nccn2)c1)c1ccc(S(C)(=O)=O)cc1. The number of hydrogen-bond donors (Lipinski definition) is 1. The summed E-state index contributed by atoms with van der Waals surface area (Å²) in [6.45, 7) is 2.02. The molecule has 3 rings (SSSR count). The number of sulfone groups is 1. The van der Waals surface area contributed by atoms with E-state index in [-0.39, 0.29) is 6.04 Å². The zero-order valence-corrected chi connectivity index (χ0v) is 14.2. The number of aromatic nitrogens is 3. The summed E-state index contributed by atoms with van der Waals surface area (Å²) in [7, 11) is -3.17. The van der Waals surface area contributed by atoms with Crippen LogP contribution in [0.15, 0.2) is 65.8 Å². The van der Waals surface area contributed by atoms with E-state index in [1.54, 1.807) is 29.3 Å². The number of anilines is 1. The van der Waals surface area contributed by atoms with Crippen molar-refractivity contribution in [3.05, 3.63) is 66.5 Å². The molecule has 0 spiro atoms. The lowest BCUT2D eigenvalue weighted by molar-refractivity contribution is 0.602. The molecule has 0 saturated heterocycles. The van der Waals surface area contributed by atoms with Gasteiger partial charge in [-0.1, -0.05) is 18.2 Å². The molecule has 0 saturated carbocycles. The quantitative estimate of drug-likeness (QED) is 0.771. The topological polar surface area (TPSA) is 76.9 Å². The third kappa shape index (κ3) is 3.62. The van der Waals surface area contributed by atoms with Crippen LogP contribution in [0.25, 0.3) is 5.69 Å². The van der Waals surface area contributed by atoms with Crippen molar-refractivity contribution in [1.82, 2.24) is 15.0 Å². The molecule has 2 aromatic carbocycles. The van der Waals surface area contributed by atoms with Gasteiger partial charge in [0.25, 0.3) is 0 Å². The van der Waals surface area contributed by atoms with Gasteiger partial charge in [0.2, 0.25) is 0 Å². The van der Waals surface area contributed by atoms with Crippen molar-refractivity contribution in [2.45, 2.75) is 17.9 Å². The highest BCUT2D eigenvalue weighted by Gasteiger charge is 2.10. The second-order valence-corrected chi connectivity index (χ2v) is 7.59. The van der Waals surface area contributed by atoms with Crippen LogP contribution in [0.3, 0.4) is 0 Å². The smallest absolute Gasteiger partial charge is 0.175 e. The van der Waals surface area contributed by atoms with Gasteiger partial charge in [-0.2, -0.15) is 15.0 Å². The normalized spacial score (nSPS) is 12.8. The third-order valence-electron chi connectivity index (χ3n) is 3.69. The van der Waals surface area contributed by atoms with Crippen molar-refractivity contribution in [3.63, 3.8) is 0 Å². The van der Waals surface area contributed by atoms with Gasteiger partial charge < -0.3 is 5.32 Å². The van der Waals surface area contributed by atoms with Crippen molar-refractivity contribution in [2.75, 3.05) is 11.6 Å². The van der Waals surface area contributed by atoms with Gasteiger partial charge in [-0.15, -0.1) is 0 Å². The van der Waals surface area contributed by atoms with Crippen LogP contribution in [0.5, 0.6) is 0 Å². The van der Waals surface area contributed by atoms with E-state index in [0.717, 1.165) is 16.9 Å². The van der Waals surface area contributed by atoms with Gasteiger partial charge in [0.15, 0.2) is 9.84 Å². The number of nitrogens with zero attached hydrogens (tertiary/aromatic N) is 3. The fourth-order valence-electron chi connectivity index (χ4n) is 2.41. The molecular formula is C17H18N4O2S. The number of nitrogens with one attached hydrogen (secondary N) is 1. The summed E-state index contributed by atoms with van der Waals surface area (Å²) in [5.74, 6) is 0. The second-order valence-electron chi connectivity index (χ2n) is 5.58. The van der Waals surface area contributed by atoms with Gasteiger partial charge in [-0.25, -0.2) is 8.42 Å². The fourth-order valence-corrected chi connectivity index (χ4v) is 3.04. The Morgan fingerprint density at radius 1 is 1.04 bits per heavy atom. The van der Waals surface area contributed by atoms with Crippen LogP contribution in [0.1, 0.15) is 18.5 Å². The van der Waals surface area contributed by atoms with Crippen LogP contribution in [0, 0.1) is 0 Å². The summed E-state index contributed by atoms with van der Waals surface area (Å²) >= 11 is 0. The molecule has 1 N–H and O–H groups in total. The van der Waals surface area contributed by atoms with Crippen LogP contribution < -0.4 is 5.32 Å². The van der Waals surface area contributed by atoms with Crippen molar-refractivity contribution in [1.29, 1.82) is 0 Å². The highest BCUT2D eigenvalue weighted by molar-refractivity contribution is 7.90. The fraction of sp³-hybridized carbons (Fsp3) is 0.176. The first kappa shape index (κ1) is 16.2. The molecule has 1 unspecified atom stereocenters. The number of benzene rings is 2. The van der Waals surface area contributed by atoms with Crippen molar-refractivity contribution >= 4 is 15.5 Å². The van der Waals surface area contributed by atoms with Gasteiger partial charge in [-0.3, -0.25) is 0 Å². The van der Waals surface area contributed by atoms with Crippen LogP contribution in [-0.2, 0) is 9.84 Å². The molecule has 0 aliphatic heterocycles. The standard InChI is InChI=1S/C17H18N4O2S/c1-13(14-6-8-17(9-7-14)24(2,22)23)20-15-4-3-5-16(12-15)21-18-10-11-19-21/h3-13,20H,1-2H3. The number of rotatable bonds is 5. The van der Waals surface area contributed by atoms with Crippen molar-refractivity contribution in [2.24, 2.45) is 0 Å². The molecule has 0 radical (unpaired) electrons.